The lowest BCUT2D eigenvalue weighted by atomic mass is 9.94. The van der Waals surface area contributed by atoms with Crippen molar-refractivity contribution in [1.82, 2.24) is 10.2 Å². The first kappa shape index (κ1) is 17.1. The van der Waals surface area contributed by atoms with Crippen molar-refractivity contribution in [3.63, 3.8) is 0 Å². The number of halogens is 2. The number of morpholine rings is 1. The van der Waals surface area contributed by atoms with Crippen LogP contribution in [0.15, 0.2) is 18.2 Å². The Labute approximate surface area is 140 Å². The number of nitrogens with one attached hydrogen (secondary N) is 1. The van der Waals surface area contributed by atoms with E-state index in [-0.39, 0.29) is 11.6 Å². The Morgan fingerprint density at radius 1 is 1.26 bits per heavy atom. The van der Waals surface area contributed by atoms with E-state index >= 15 is 0 Å². The predicted octanol–water partition coefficient (Wildman–Crippen LogP) is 2.82. The van der Waals surface area contributed by atoms with Gasteiger partial charge in [-0.15, -0.1) is 0 Å². The number of thioether (sulfide) groups is 1. The second-order valence-corrected chi connectivity index (χ2v) is 7.54. The van der Waals surface area contributed by atoms with Crippen molar-refractivity contribution in [3.8, 4) is 0 Å². The zero-order valence-corrected chi connectivity index (χ0v) is 14.3. The van der Waals surface area contributed by atoms with Crippen LogP contribution in [-0.4, -0.2) is 54.8 Å². The summed E-state index contributed by atoms with van der Waals surface area (Å²) in [4.78, 5) is 2.53. The van der Waals surface area contributed by atoms with Crippen molar-refractivity contribution in [2.24, 2.45) is 0 Å². The van der Waals surface area contributed by atoms with E-state index in [1.165, 1.54) is 17.9 Å². The molecule has 2 aliphatic heterocycles. The summed E-state index contributed by atoms with van der Waals surface area (Å²) >= 11 is 1.98. The van der Waals surface area contributed by atoms with Crippen LogP contribution in [0.5, 0.6) is 0 Å². The zero-order chi connectivity index (χ0) is 16.3. The van der Waals surface area contributed by atoms with Crippen LogP contribution in [0.25, 0.3) is 0 Å². The Balaban J connectivity index is 1.66. The number of rotatable bonds is 5. The Morgan fingerprint density at radius 3 is 2.57 bits per heavy atom. The van der Waals surface area contributed by atoms with Crippen LogP contribution in [0.4, 0.5) is 8.78 Å². The summed E-state index contributed by atoms with van der Waals surface area (Å²) in [6.45, 7) is 6.30. The van der Waals surface area contributed by atoms with Gasteiger partial charge in [-0.25, -0.2) is 8.78 Å². The van der Waals surface area contributed by atoms with Crippen molar-refractivity contribution in [2.45, 2.75) is 24.9 Å². The molecule has 1 N–H and O–H groups in total. The van der Waals surface area contributed by atoms with E-state index in [1.54, 1.807) is 0 Å². The van der Waals surface area contributed by atoms with E-state index in [2.05, 4.69) is 10.2 Å². The molecule has 23 heavy (non-hydrogen) atoms. The molecule has 0 aromatic heterocycles. The molecule has 3 rings (SSSR count). The molecule has 1 aromatic carbocycles. The maximum atomic E-state index is 13.4. The van der Waals surface area contributed by atoms with Crippen molar-refractivity contribution in [2.75, 3.05) is 44.4 Å². The Morgan fingerprint density at radius 2 is 1.96 bits per heavy atom. The normalized spacial score (nSPS) is 27.3. The van der Waals surface area contributed by atoms with E-state index < -0.39 is 11.6 Å². The fourth-order valence-electron chi connectivity index (χ4n) is 3.42. The SMILES string of the molecule is C[C@H](NC[C@]1(N2CCOCC2)CCSC1)c1cc(F)cc(F)c1. The molecule has 128 valence electrons. The molecule has 0 spiro atoms. The summed E-state index contributed by atoms with van der Waals surface area (Å²) in [5.74, 6) is 1.23. The summed E-state index contributed by atoms with van der Waals surface area (Å²) in [5, 5.41) is 3.50. The number of hydrogen-bond acceptors (Lipinski definition) is 4. The van der Waals surface area contributed by atoms with Gasteiger partial charge in [-0.1, -0.05) is 0 Å². The van der Waals surface area contributed by atoms with Gasteiger partial charge >= 0.3 is 0 Å². The maximum absolute atomic E-state index is 13.4. The van der Waals surface area contributed by atoms with Crippen LogP contribution in [0, 0.1) is 11.6 Å². The molecule has 0 amide bonds. The van der Waals surface area contributed by atoms with E-state index in [0.29, 0.717) is 5.56 Å². The average molecular weight is 342 g/mol. The van der Waals surface area contributed by atoms with Gasteiger partial charge in [0.05, 0.1) is 13.2 Å². The van der Waals surface area contributed by atoms with Gasteiger partial charge in [0.15, 0.2) is 0 Å². The van der Waals surface area contributed by atoms with E-state index in [4.69, 9.17) is 4.74 Å². The van der Waals surface area contributed by atoms with Crippen molar-refractivity contribution < 1.29 is 13.5 Å². The fraction of sp³-hybridized carbons (Fsp3) is 0.647. The minimum Gasteiger partial charge on any atom is -0.379 e. The molecular weight excluding hydrogens is 318 g/mol. The monoisotopic (exact) mass is 342 g/mol. The molecule has 0 radical (unpaired) electrons. The van der Waals surface area contributed by atoms with Gasteiger partial charge in [0.25, 0.3) is 0 Å². The van der Waals surface area contributed by atoms with Gasteiger partial charge in [0.2, 0.25) is 0 Å². The lowest BCUT2D eigenvalue weighted by Gasteiger charge is -2.43. The summed E-state index contributed by atoms with van der Waals surface area (Å²) in [7, 11) is 0. The molecule has 2 atom stereocenters. The molecule has 3 nitrogen and oxygen atoms in total. The highest BCUT2D eigenvalue weighted by Crippen LogP contribution is 2.34. The summed E-state index contributed by atoms with van der Waals surface area (Å²) in [6.07, 6.45) is 1.15. The second kappa shape index (κ2) is 7.47. The Bertz CT molecular complexity index is 511. The lowest BCUT2D eigenvalue weighted by molar-refractivity contribution is -0.0139. The van der Waals surface area contributed by atoms with Crippen LogP contribution in [0.1, 0.15) is 24.9 Å². The molecule has 2 heterocycles. The van der Waals surface area contributed by atoms with E-state index in [1.807, 2.05) is 18.7 Å². The third-order valence-corrected chi connectivity index (χ3v) is 6.12. The lowest BCUT2D eigenvalue weighted by Crippen LogP contribution is -2.58. The first-order chi connectivity index (χ1) is 11.1. The second-order valence-electron chi connectivity index (χ2n) is 6.43. The number of ether oxygens (including phenoxy) is 1. The van der Waals surface area contributed by atoms with Crippen LogP contribution in [0.3, 0.4) is 0 Å². The largest absolute Gasteiger partial charge is 0.379 e. The first-order valence-electron chi connectivity index (χ1n) is 8.19. The third kappa shape index (κ3) is 4.05. The number of nitrogens with zero attached hydrogens (tertiary/aromatic N) is 1. The minimum atomic E-state index is -0.520. The molecule has 2 fully saturated rings. The Hall–Kier alpha value is -0.690. The topological polar surface area (TPSA) is 24.5 Å². The van der Waals surface area contributed by atoms with Gasteiger partial charge in [0.1, 0.15) is 11.6 Å². The van der Waals surface area contributed by atoms with Gasteiger partial charge in [-0.05, 0) is 36.8 Å². The highest BCUT2D eigenvalue weighted by Gasteiger charge is 2.40. The van der Waals surface area contributed by atoms with E-state index in [9.17, 15) is 8.78 Å². The highest BCUT2D eigenvalue weighted by molar-refractivity contribution is 7.99. The smallest absolute Gasteiger partial charge is 0.126 e. The highest BCUT2D eigenvalue weighted by atomic mass is 32.2. The van der Waals surface area contributed by atoms with Crippen LogP contribution in [0.2, 0.25) is 0 Å². The summed E-state index contributed by atoms with van der Waals surface area (Å²) in [5.41, 5.74) is 0.791. The molecule has 1 aromatic rings. The molecule has 2 saturated heterocycles. The predicted molar refractivity (Wildman–Crippen MR) is 89.8 cm³/mol. The quantitative estimate of drug-likeness (QED) is 0.889. The fourth-order valence-corrected chi connectivity index (χ4v) is 4.90. The zero-order valence-electron chi connectivity index (χ0n) is 13.5. The average Bonchev–Trinajstić information content (AvgIpc) is 3.03. The van der Waals surface area contributed by atoms with Crippen molar-refractivity contribution in [1.29, 1.82) is 0 Å². The molecular formula is C17H24F2N2OS. The molecule has 0 bridgehead atoms. The van der Waals surface area contributed by atoms with Gasteiger partial charge in [0, 0.05) is 43.0 Å². The maximum Gasteiger partial charge on any atom is 0.126 e. The van der Waals surface area contributed by atoms with Crippen molar-refractivity contribution >= 4 is 11.8 Å². The first-order valence-corrected chi connectivity index (χ1v) is 9.34. The van der Waals surface area contributed by atoms with Gasteiger partial charge < -0.3 is 10.1 Å². The standard InChI is InChI=1S/C17H24F2N2OS/c1-13(14-8-15(18)10-16(19)9-14)20-11-17(2-7-23-12-17)21-3-5-22-6-4-21/h8-10,13,20H,2-7,11-12H2,1H3/t13-,17+/m0/s1. The van der Waals surface area contributed by atoms with E-state index in [0.717, 1.165) is 51.1 Å². The van der Waals surface area contributed by atoms with Crippen LogP contribution < -0.4 is 5.32 Å². The van der Waals surface area contributed by atoms with Crippen LogP contribution >= 0.6 is 11.8 Å². The summed E-state index contributed by atoms with van der Waals surface area (Å²) < 4.78 is 32.3. The van der Waals surface area contributed by atoms with Gasteiger partial charge in [-0.2, -0.15) is 11.8 Å². The molecule has 0 saturated carbocycles. The molecule has 2 aliphatic rings. The molecule has 0 aliphatic carbocycles. The Kier molecular flexibility index (Phi) is 5.57. The molecule has 6 heteroatoms. The minimum absolute atomic E-state index is 0.0799. The van der Waals surface area contributed by atoms with Gasteiger partial charge in [-0.3, -0.25) is 4.90 Å². The van der Waals surface area contributed by atoms with Crippen LogP contribution in [-0.2, 0) is 4.74 Å². The number of hydrogen-bond donors (Lipinski definition) is 1. The summed E-state index contributed by atoms with van der Waals surface area (Å²) in [6, 6.07) is 3.65. The molecule has 0 unspecified atom stereocenters. The number of benzene rings is 1. The third-order valence-electron chi connectivity index (χ3n) is 4.89. The van der Waals surface area contributed by atoms with Crippen molar-refractivity contribution in [3.05, 3.63) is 35.4 Å².